The minimum Gasteiger partial charge on any atom is -0.378 e. The van der Waals surface area contributed by atoms with E-state index in [0.29, 0.717) is 33.5 Å². The van der Waals surface area contributed by atoms with E-state index in [0.717, 1.165) is 85.3 Å². The number of nitrogens with zero attached hydrogens (tertiary/aromatic N) is 6. The molecule has 0 amide bonds. The minimum absolute atomic E-state index is 0.197. The molecule has 2 aliphatic carbocycles. The fraction of sp³-hybridized carbons (Fsp3) is 0.409. The summed E-state index contributed by atoms with van der Waals surface area (Å²) < 4.78 is 0. The van der Waals surface area contributed by atoms with Gasteiger partial charge in [-0.3, -0.25) is 9.59 Å². The molecule has 6 aromatic rings. The van der Waals surface area contributed by atoms with Crippen molar-refractivity contribution in [2.45, 2.75) is 78.1 Å². The molecule has 0 radical (unpaired) electrons. The summed E-state index contributed by atoms with van der Waals surface area (Å²) in [6.45, 7) is 4.20. The van der Waals surface area contributed by atoms with Gasteiger partial charge in [-0.1, -0.05) is 76.6 Å². The number of rotatable bonds is 8. The van der Waals surface area contributed by atoms with Crippen LogP contribution in [0.2, 0.25) is 0 Å². The summed E-state index contributed by atoms with van der Waals surface area (Å²) >= 11 is 0. The van der Waals surface area contributed by atoms with Gasteiger partial charge in [-0.15, -0.1) is 0 Å². The molecule has 8 rings (SSSR count). The number of benzene rings is 2. The summed E-state index contributed by atoms with van der Waals surface area (Å²) in [4.78, 5) is 55.5. The molecule has 2 N–H and O–H groups in total. The number of H-pyrrole nitrogens is 2. The lowest BCUT2D eigenvalue weighted by molar-refractivity contribution is 0.0745. The summed E-state index contributed by atoms with van der Waals surface area (Å²) in [6.07, 6.45) is 17.9. The topological polar surface area (TPSA) is 124 Å². The highest BCUT2D eigenvalue weighted by atomic mass is 16.1. The van der Waals surface area contributed by atoms with Crippen LogP contribution in [0.4, 0.5) is 11.4 Å². The van der Waals surface area contributed by atoms with Crippen LogP contribution in [-0.4, -0.2) is 69.7 Å². The van der Waals surface area contributed by atoms with Crippen molar-refractivity contribution in [1.29, 1.82) is 0 Å². The van der Waals surface area contributed by atoms with Crippen molar-refractivity contribution >= 4 is 45.3 Å². The number of carbonyl (C=O) groups excluding carboxylic acids is 2. The molecule has 2 aliphatic rings. The van der Waals surface area contributed by atoms with Crippen LogP contribution in [0.1, 0.15) is 98.8 Å². The SMILES string of the molecule is CN(C)c1ccc(-c2cnc3[nH]cc(C(=O)C4(C)CCCCC4)c3n2)cc1.CN(C)c1ccc(-c2cnc3[nH]cc(C(=O)C4(C)CCCCC4)c3n2)cc1. The van der Waals surface area contributed by atoms with Gasteiger partial charge >= 0.3 is 0 Å². The minimum atomic E-state index is -0.279. The highest BCUT2D eigenvalue weighted by Gasteiger charge is 2.38. The zero-order valence-electron chi connectivity index (χ0n) is 32.5. The second-order valence-corrected chi connectivity index (χ2v) is 16.1. The maximum absolute atomic E-state index is 13.3. The van der Waals surface area contributed by atoms with E-state index in [9.17, 15) is 9.59 Å². The molecule has 2 fully saturated rings. The predicted molar refractivity (Wildman–Crippen MR) is 218 cm³/mol. The van der Waals surface area contributed by atoms with Crippen molar-refractivity contribution in [3.63, 3.8) is 0 Å². The lowest BCUT2D eigenvalue weighted by atomic mass is 9.71. The number of nitrogens with one attached hydrogen (secondary N) is 2. The Morgan fingerprint density at radius 1 is 0.556 bits per heavy atom. The number of ketones is 2. The van der Waals surface area contributed by atoms with Gasteiger partial charge in [-0.2, -0.15) is 0 Å². The summed E-state index contributed by atoms with van der Waals surface area (Å²) in [5.74, 6) is 0.394. The second-order valence-electron chi connectivity index (χ2n) is 16.1. The average Bonchev–Trinajstić information content (AvgIpc) is 3.82. The molecule has 4 heterocycles. The Labute approximate surface area is 317 Å². The first-order valence-corrected chi connectivity index (χ1v) is 19.3. The Balaban J connectivity index is 0.000000167. The van der Waals surface area contributed by atoms with Gasteiger partial charge in [0.1, 0.15) is 11.0 Å². The highest BCUT2D eigenvalue weighted by molar-refractivity contribution is 6.09. The molecule has 0 spiro atoms. The maximum Gasteiger partial charge on any atom is 0.172 e. The standard InChI is InChI=1S/2C22H26N4O/c2*1-22(11-5-4-6-12-22)20(27)17-13-23-21-19(17)25-18(14-24-21)15-7-9-16(10-8-15)26(2)3/h2*7-10,13-14H,4-6,11-12H2,1-3H3,(H,23,24). The number of carbonyl (C=O) groups is 2. The molecule has 4 aromatic heterocycles. The van der Waals surface area contributed by atoms with E-state index in [2.05, 4.69) is 67.8 Å². The van der Waals surface area contributed by atoms with Crippen molar-refractivity contribution < 1.29 is 9.59 Å². The Morgan fingerprint density at radius 2 is 0.907 bits per heavy atom. The molecule has 0 bridgehead atoms. The van der Waals surface area contributed by atoms with Gasteiger partial charge in [0.05, 0.1) is 34.9 Å². The lowest BCUT2D eigenvalue weighted by Crippen LogP contribution is -2.30. The van der Waals surface area contributed by atoms with Gasteiger partial charge in [-0.05, 0) is 49.9 Å². The average molecular weight is 725 g/mol. The van der Waals surface area contributed by atoms with E-state index in [1.165, 1.54) is 12.8 Å². The van der Waals surface area contributed by atoms with Crippen LogP contribution < -0.4 is 9.80 Å². The molecule has 2 saturated carbocycles. The Kier molecular flexibility index (Phi) is 10.4. The lowest BCUT2D eigenvalue weighted by Gasteiger charge is -2.31. The molecule has 10 heteroatoms. The summed E-state index contributed by atoms with van der Waals surface area (Å²) in [5.41, 5.74) is 9.34. The van der Waals surface area contributed by atoms with Crippen LogP contribution in [0.5, 0.6) is 0 Å². The first-order chi connectivity index (χ1) is 26.0. The summed E-state index contributed by atoms with van der Waals surface area (Å²) in [6, 6.07) is 16.4. The quantitative estimate of drug-likeness (QED) is 0.149. The summed E-state index contributed by atoms with van der Waals surface area (Å²) in [5, 5.41) is 0. The predicted octanol–water partition coefficient (Wildman–Crippen LogP) is 9.69. The molecule has 2 aromatic carbocycles. The number of aromatic nitrogens is 6. The fourth-order valence-electron chi connectivity index (χ4n) is 8.04. The fourth-order valence-corrected chi connectivity index (χ4v) is 8.04. The van der Waals surface area contributed by atoms with Gasteiger partial charge in [0.2, 0.25) is 0 Å². The third-order valence-corrected chi connectivity index (χ3v) is 11.6. The molecule has 0 unspecified atom stereocenters. The number of hydrogen-bond acceptors (Lipinski definition) is 8. The Hall–Kier alpha value is -5.38. The molecular formula is C44H52N8O2. The smallest absolute Gasteiger partial charge is 0.172 e. The van der Waals surface area contributed by atoms with Crippen LogP contribution in [0, 0.1) is 10.8 Å². The van der Waals surface area contributed by atoms with Gasteiger partial charge in [-0.25, -0.2) is 19.9 Å². The largest absolute Gasteiger partial charge is 0.378 e. The number of aromatic amines is 2. The van der Waals surface area contributed by atoms with E-state index in [4.69, 9.17) is 9.97 Å². The molecule has 0 saturated heterocycles. The Bertz CT molecular complexity index is 2090. The number of hydrogen-bond donors (Lipinski definition) is 2. The Morgan fingerprint density at radius 3 is 1.24 bits per heavy atom. The highest BCUT2D eigenvalue weighted by Crippen LogP contribution is 2.41. The van der Waals surface area contributed by atoms with Gasteiger partial charge in [0, 0.05) is 73.9 Å². The first kappa shape index (κ1) is 37.0. The van der Waals surface area contributed by atoms with Crippen molar-refractivity contribution in [3.05, 3.63) is 84.4 Å². The van der Waals surface area contributed by atoms with Gasteiger partial charge in [0.25, 0.3) is 0 Å². The molecule has 54 heavy (non-hydrogen) atoms. The number of fused-ring (bicyclic) bond motifs is 2. The van der Waals surface area contributed by atoms with Crippen molar-refractivity contribution in [2.24, 2.45) is 10.8 Å². The third-order valence-electron chi connectivity index (χ3n) is 11.6. The van der Waals surface area contributed by atoms with Gasteiger partial charge < -0.3 is 19.8 Å². The van der Waals surface area contributed by atoms with E-state index in [1.54, 1.807) is 24.8 Å². The van der Waals surface area contributed by atoms with Crippen LogP contribution in [-0.2, 0) is 0 Å². The molecule has 10 nitrogen and oxygen atoms in total. The zero-order valence-corrected chi connectivity index (χ0v) is 32.5. The molecular weight excluding hydrogens is 673 g/mol. The summed E-state index contributed by atoms with van der Waals surface area (Å²) in [7, 11) is 8.07. The van der Waals surface area contributed by atoms with Crippen LogP contribution in [0.25, 0.3) is 44.8 Å². The first-order valence-electron chi connectivity index (χ1n) is 19.3. The second kappa shape index (κ2) is 15.2. The van der Waals surface area contributed by atoms with Crippen LogP contribution >= 0.6 is 0 Å². The van der Waals surface area contributed by atoms with E-state index in [-0.39, 0.29) is 22.4 Å². The molecule has 0 aliphatic heterocycles. The number of Topliss-reactive ketones (excluding diaryl/α,β-unsaturated/α-hetero) is 2. The van der Waals surface area contributed by atoms with E-state index in [1.807, 2.05) is 52.5 Å². The van der Waals surface area contributed by atoms with Gasteiger partial charge in [0.15, 0.2) is 22.9 Å². The zero-order chi connectivity index (χ0) is 38.0. The maximum atomic E-state index is 13.3. The number of anilines is 2. The monoisotopic (exact) mass is 724 g/mol. The van der Waals surface area contributed by atoms with Crippen LogP contribution in [0.3, 0.4) is 0 Å². The van der Waals surface area contributed by atoms with E-state index < -0.39 is 0 Å². The van der Waals surface area contributed by atoms with Crippen molar-refractivity contribution in [1.82, 2.24) is 29.9 Å². The van der Waals surface area contributed by atoms with Crippen molar-refractivity contribution in [3.8, 4) is 22.5 Å². The van der Waals surface area contributed by atoms with Crippen LogP contribution in [0.15, 0.2) is 73.3 Å². The normalized spacial score (nSPS) is 16.4. The third kappa shape index (κ3) is 7.39. The molecule has 0 atom stereocenters. The molecule has 280 valence electrons. The van der Waals surface area contributed by atoms with E-state index >= 15 is 0 Å². The van der Waals surface area contributed by atoms with Crippen molar-refractivity contribution in [2.75, 3.05) is 38.0 Å².